The van der Waals surface area contributed by atoms with Crippen LogP contribution in [0.1, 0.15) is 39.0 Å². The van der Waals surface area contributed by atoms with Crippen LogP contribution < -0.4 is 21.6 Å². The zero-order chi connectivity index (χ0) is 24.5. The standard InChI is InChI=1S/C26H31FN2O4Si/c1-18-16-29(25(31)28-23(18)30)24-22(27)15-19(33-24)17-32-34(26(2,3)4,20-11-7-5-8-12-20)21-13-9-6-10-14-21/h5-14,16,19,22,24H,15,17H2,1-4H3,(H,28,30,31)/t19-,22+,24?/m1/s1. The highest BCUT2D eigenvalue weighted by Crippen LogP contribution is 2.38. The van der Waals surface area contributed by atoms with Crippen molar-refractivity contribution in [1.29, 1.82) is 0 Å². The Labute approximate surface area is 199 Å². The third-order valence-electron chi connectivity index (χ3n) is 6.45. The van der Waals surface area contributed by atoms with Crippen molar-refractivity contribution in [1.82, 2.24) is 9.55 Å². The first kappa shape index (κ1) is 24.3. The van der Waals surface area contributed by atoms with Crippen LogP contribution in [0, 0.1) is 6.92 Å². The smallest absolute Gasteiger partial charge is 0.330 e. The Balaban J connectivity index is 1.65. The first-order valence-corrected chi connectivity index (χ1v) is 13.4. The maximum Gasteiger partial charge on any atom is 0.330 e. The van der Waals surface area contributed by atoms with Crippen molar-refractivity contribution in [3.63, 3.8) is 0 Å². The monoisotopic (exact) mass is 482 g/mol. The summed E-state index contributed by atoms with van der Waals surface area (Å²) in [4.78, 5) is 26.2. The van der Waals surface area contributed by atoms with Crippen molar-refractivity contribution in [3.8, 4) is 0 Å². The molecule has 0 spiro atoms. The normalized spacial score (nSPS) is 21.0. The molecule has 1 saturated heterocycles. The lowest BCUT2D eigenvalue weighted by Crippen LogP contribution is -2.67. The van der Waals surface area contributed by atoms with Gasteiger partial charge in [0.15, 0.2) is 6.23 Å². The molecule has 0 radical (unpaired) electrons. The minimum atomic E-state index is -2.79. The van der Waals surface area contributed by atoms with Gasteiger partial charge in [0.1, 0.15) is 6.17 Å². The highest BCUT2D eigenvalue weighted by molar-refractivity contribution is 6.99. The first-order valence-electron chi connectivity index (χ1n) is 11.5. The van der Waals surface area contributed by atoms with Gasteiger partial charge in [0.25, 0.3) is 13.9 Å². The molecule has 6 nitrogen and oxygen atoms in total. The van der Waals surface area contributed by atoms with Gasteiger partial charge in [0, 0.05) is 18.2 Å². The molecule has 0 saturated carbocycles. The second kappa shape index (κ2) is 9.44. The van der Waals surface area contributed by atoms with Crippen molar-refractivity contribution in [2.75, 3.05) is 6.61 Å². The third kappa shape index (κ3) is 4.45. The molecular formula is C26H31FN2O4Si. The van der Waals surface area contributed by atoms with E-state index in [1.165, 1.54) is 6.20 Å². The lowest BCUT2D eigenvalue weighted by Gasteiger charge is -2.43. The summed E-state index contributed by atoms with van der Waals surface area (Å²) >= 11 is 0. The van der Waals surface area contributed by atoms with E-state index >= 15 is 4.39 Å². The molecule has 1 aromatic heterocycles. The van der Waals surface area contributed by atoms with Crippen molar-refractivity contribution in [2.45, 2.75) is 57.7 Å². The number of benzene rings is 2. The van der Waals surface area contributed by atoms with Gasteiger partial charge in [-0.1, -0.05) is 81.4 Å². The molecule has 1 aliphatic heterocycles. The highest BCUT2D eigenvalue weighted by Gasteiger charge is 2.51. The summed E-state index contributed by atoms with van der Waals surface area (Å²) in [6.07, 6.45) is -1.57. The fourth-order valence-electron chi connectivity index (χ4n) is 4.81. The number of hydrogen-bond donors (Lipinski definition) is 1. The zero-order valence-electron chi connectivity index (χ0n) is 20.0. The van der Waals surface area contributed by atoms with Crippen LogP contribution in [-0.2, 0) is 9.16 Å². The van der Waals surface area contributed by atoms with E-state index < -0.39 is 38.1 Å². The van der Waals surface area contributed by atoms with Gasteiger partial charge in [0.05, 0.1) is 12.7 Å². The zero-order valence-corrected chi connectivity index (χ0v) is 21.0. The number of nitrogens with one attached hydrogen (secondary N) is 1. The van der Waals surface area contributed by atoms with Crippen LogP contribution in [0.15, 0.2) is 76.4 Å². The highest BCUT2D eigenvalue weighted by atomic mass is 28.4. The van der Waals surface area contributed by atoms with Crippen LogP contribution in [0.25, 0.3) is 0 Å². The van der Waals surface area contributed by atoms with E-state index in [9.17, 15) is 9.59 Å². The van der Waals surface area contributed by atoms with Gasteiger partial charge in [-0.25, -0.2) is 9.18 Å². The lowest BCUT2D eigenvalue weighted by molar-refractivity contribution is -0.0371. The van der Waals surface area contributed by atoms with E-state index in [1.54, 1.807) is 6.92 Å². The molecule has 8 heteroatoms. The van der Waals surface area contributed by atoms with Gasteiger partial charge >= 0.3 is 5.69 Å². The number of aromatic nitrogens is 2. The number of halogens is 1. The van der Waals surface area contributed by atoms with Crippen LogP contribution in [0.2, 0.25) is 5.04 Å². The Morgan fingerprint density at radius 3 is 2.15 bits per heavy atom. The Hall–Kier alpha value is -2.81. The maximum atomic E-state index is 15.0. The van der Waals surface area contributed by atoms with Gasteiger partial charge in [-0.3, -0.25) is 14.3 Å². The number of nitrogens with zero attached hydrogens (tertiary/aromatic N) is 1. The predicted octanol–water partition coefficient (Wildman–Crippen LogP) is 3.05. The molecule has 1 fully saturated rings. The lowest BCUT2D eigenvalue weighted by atomic mass is 10.2. The van der Waals surface area contributed by atoms with Gasteiger partial charge in [0.2, 0.25) is 0 Å². The molecule has 180 valence electrons. The molecule has 0 aliphatic carbocycles. The van der Waals surface area contributed by atoms with Crippen molar-refractivity contribution < 1.29 is 13.6 Å². The van der Waals surface area contributed by atoms with Gasteiger partial charge < -0.3 is 9.16 Å². The van der Waals surface area contributed by atoms with Crippen molar-refractivity contribution >= 4 is 18.7 Å². The van der Waals surface area contributed by atoms with E-state index in [0.717, 1.165) is 14.9 Å². The van der Waals surface area contributed by atoms with Crippen LogP contribution in [0.4, 0.5) is 4.39 Å². The van der Waals surface area contributed by atoms with Crippen molar-refractivity contribution in [2.24, 2.45) is 0 Å². The number of alkyl halides is 1. The van der Waals surface area contributed by atoms with E-state index in [0.29, 0.717) is 5.56 Å². The molecule has 1 N–H and O–H groups in total. The Kier molecular flexibility index (Phi) is 6.75. The van der Waals surface area contributed by atoms with E-state index in [1.807, 2.05) is 36.4 Å². The topological polar surface area (TPSA) is 73.3 Å². The fraction of sp³-hybridized carbons (Fsp3) is 0.385. The fourth-order valence-corrected chi connectivity index (χ4v) is 9.40. The van der Waals surface area contributed by atoms with Gasteiger partial charge in [-0.2, -0.15) is 0 Å². The molecule has 0 amide bonds. The summed E-state index contributed by atoms with van der Waals surface area (Å²) in [6.45, 7) is 8.30. The largest absolute Gasteiger partial charge is 0.405 e. The molecule has 3 aromatic rings. The summed E-state index contributed by atoms with van der Waals surface area (Å²) in [7, 11) is -2.79. The first-order chi connectivity index (χ1) is 16.1. The number of aromatic amines is 1. The summed E-state index contributed by atoms with van der Waals surface area (Å²) in [5.41, 5.74) is -0.847. The number of rotatable bonds is 6. The third-order valence-corrected chi connectivity index (χ3v) is 11.5. The molecule has 4 rings (SSSR count). The summed E-state index contributed by atoms with van der Waals surface area (Å²) < 4.78 is 29.0. The molecule has 2 aromatic carbocycles. The Morgan fingerprint density at radius 1 is 1.06 bits per heavy atom. The summed E-state index contributed by atoms with van der Waals surface area (Å²) in [5, 5.41) is 2.05. The number of ether oxygens (including phenoxy) is 1. The number of hydrogen-bond acceptors (Lipinski definition) is 4. The average Bonchev–Trinajstić information content (AvgIpc) is 3.17. The average molecular weight is 483 g/mol. The van der Waals surface area contributed by atoms with E-state index in [4.69, 9.17) is 9.16 Å². The van der Waals surface area contributed by atoms with Crippen LogP contribution in [0.3, 0.4) is 0 Å². The molecular weight excluding hydrogens is 451 g/mol. The second-order valence-electron chi connectivity index (χ2n) is 9.85. The van der Waals surface area contributed by atoms with Crippen molar-refractivity contribution in [3.05, 3.63) is 93.3 Å². The van der Waals surface area contributed by atoms with E-state index in [2.05, 4.69) is 50.0 Å². The minimum absolute atomic E-state index is 0.105. The molecule has 2 heterocycles. The summed E-state index contributed by atoms with van der Waals surface area (Å²) in [5.74, 6) is 0. The second-order valence-corrected chi connectivity index (χ2v) is 14.2. The van der Waals surface area contributed by atoms with Gasteiger partial charge in [-0.05, 0) is 22.3 Å². The minimum Gasteiger partial charge on any atom is -0.405 e. The predicted molar refractivity (Wildman–Crippen MR) is 133 cm³/mol. The molecule has 3 atom stereocenters. The molecule has 0 bridgehead atoms. The Bertz CT molecular complexity index is 1200. The maximum absolute atomic E-state index is 15.0. The van der Waals surface area contributed by atoms with Crippen LogP contribution in [0.5, 0.6) is 0 Å². The summed E-state index contributed by atoms with van der Waals surface area (Å²) in [6, 6.07) is 20.4. The number of H-pyrrole nitrogens is 1. The number of aryl methyl sites for hydroxylation is 1. The quantitative estimate of drug-likeness (QED) is 0.548. The van der Waals surface area contributed by atoms with Gasteiger partial charge in [-0.15, -0.1) is 0 Å². The molecule has 34 heavy (non-hydrogen) atoms. The SMILES string of the molecule is Cc1cn(C2O[C@@H](CO[Si](c3ccccc3)(c3ccccc3)C(C)(C)C)C[C@@H]2F)c(=O)[nH]c1=O. The molecule has 1 aliphatic rings. The molecule has 1 unspecified atom stereocenters. The Morgan fingerprint density at radius 2 is 1.62 bits per heavy atom. The van der Waals surface area contributed by atoms with Crippen LogP contribution in [-0.4, -0.2) is 36.8 Å². The van der Waals surface area contributed by atoms with E-state index in [-0.39, 0.29) is 18.1 Å². The van der Waals surface area contributed by atoms with Crippen LogP contribution >= 0.6 is 0 Å².